The molecule has 1 fully saturated rings. The molecule has 0 atom stereocenters. The maximum Gasteiger partial charge on any atom is 0.236 e. The van der Waals surface area contributed by atoms with Gasteiger partial charge in [0.15, 0.2) is 0 Å². The van der Waals surface area contributed by atoms with E-state index in [1.54, 1.807) is 31.6 Å². The largest absolute Gasteiger partial charge is 0.480 e. The molecule has 0 N–H and O–H groups in total. The highest BCUT2D eigenvalue weighted by Gasteiger charge is 2.21. The number of hydrogen-bond donors (Lipinski definition) is 0. The van der Waals surface area contributed by atoms with Crippen LogP contribution in [0.1, 0.15) is 24.1 Å². The minimum atomic E-state index is -0.204. The van der Waals surface area contributed by atoms with Crippen molar-refractivity contribution in [1.82, 2.24) is 14.9 Å². The number of nitrogens with zero attached hydrogens (tertiary/aromatic N) is 3. The fourth-order valence-corrected chi connectivity index (χ4v) is 2.90. The van der Waals surface area contributed by atoms with Gasteiger partial charge >= 0.3 is 0 Å². The summed E-state index contributed by atoms with van der Waals surface area (Å²) in [5, 5.41) is 0. The number of rotatable bonds is 6. The smallest absolute Gasteiger partial charge is 0.236 e. The van der Waals surface area contributed by atoms with Crippen LogP contribution in [-0.4, -0.2) is 41.2 Å². The van der Waals surface area contributed by atoms with Gasteiger partial charge in [0.2, 0.25) is 5.88 Å². The standard InChI is InChI=1S/C18H22FN3O2/c1-23-18-17(20-8-9-21-18)12-22-10-6-15(7-11-22)24-13-14-4-2-3-5-16(14)19/h2-5,8-9,15H,6-7,10-13H2,1H3. The van der Waals surface area contributed by atoms with Crippen LogP contribution in [0.2, 0.25) is 0 Å². The third-order valence-corrected chi connectivity index (χ3v) is 4.27. The molecule has 1 aliphatic heterocycles. The first kappa shape index (κ1) is 16.8. The Bertz CT molecular complexity index is 660. The highest BCUT2D eigenvalue weighted by Crippen LogP contribution is 2.20. The molecule has 24 heavy (non-hydrogen) atoms. The minimum absolute atomic E-state index is 0.171. The Balaban J connectivity index is 1.47. The van der Waals surface area contributed by atoms with Crippen molar-refractivity contribution in [2.24, 2.45) is 0 Å². The molecule has 128 valence electrons. The lowest BCUT2D eigenvalue weighted by molar-refractivity contribution is -0.00527. The highest BCUT2D eigenvalue weighted by molar-refractivity contribution is 5.17. The van der Waals surface area contributed by atoms with Crippen LogP contribution in [0.4, 0.5) is 4.39 Å². The molecule has 0 aliphatic carbocycles. The molecule has 0 amide bonds. The highest BCUT2D eigenvalue weighted by atomic mass is 19.1. The van der Waals surface area contributed by atoms with Crippen molar-refractivity contribution < 1.29 is 13.9 Å². The van der Waals surface area contributed by atoms with E-state index in [2.05, 4.69) is 14.9 Å². The molecular weight excluding hydrogens is 309 g/mol. The average Bonchev–Trinajstić information content (AvgIpc) is 2.63. The third-order valence-electron chi connectivity index (χ3n) is 4.27. The fourth-order valence-electron chi connectivity index (χ4n) is 2.90. The molecule has 1 aromatic heterocycles. The van der Waals surface area contributed by atoms with Gasteiger partial charge in [-0.25, -0.2) is 9.37 Å². The zero-order valence-electron chi connectivity index (χ0n) is 13.8. The van der Waals surface area contributed by atoms with Gasteiger partial charge in [-0.05, 0) is 18.9 Å². The third kappa shape index (κ3) is 4.27. The summed E-state index contributed by atoms with van der Waals surface area (Å²) >= 11 is 0. The first-order chi connectivity index (χ1) is 11.8. The van der Waals surface area contributed by atoms with Crippen molar-refractivity contribution >= 4 is 0 Å². The predicted octanol–water partition coefficient (Wildman–Crippen LogP) is 2.81. The van der Waals surface area contributed by atoms with Crippen LogP contribution < -0.4 is 4.74 Å². The lowest BCUT2D eigenvalue weighted by Crippen LogP contribution is -2.36. The second-order valence-electron chi connectivity index (χ2n) is 5.89. The fraction of sp³-hybridized carbons (Fsp3) is 0.444. The number of methoxy groups -OCH3 is 1. The van der Waals surface area contributed by atoms with Crippen LogP contribution in [0.15, 0.2) is 36.7 Å². The lowest BCUT2D eigenvalue weighted by atomic mass is 10.1. The minimum Gasteiger partial charge on any atom is -0.480 e. The van der Waals surface area contributed by atoms with Crippen molar-refractivity contribution in [3.63, 3.8) is 0 Å². The molecular formula is C18H22FN3O2. The summed E-state index contributed by atoms with van der Waals surface area (Å²) in [5.74, 6) is 0.375. The summed E-state index contributed by atoms with van der Waals surface area (Å²) in [5.41, 5.74) is 1.47. The number of piperidine rings is 1. The Labute approximate surface area is 141 Å². The molecule has 3 rings (SSSR count). The Hall–Kier alpha value is -2.05. The number of halogens is 1. The van der Waals surface area contributed by atoms with E-state index in [1.807, 2.05) is 6.07 Å². The van der Waals surface area contributed by atoms with E-state index in [1.165, 1.54) is 6.07 Å². The van der Waals surface area contributed by atoms with Crippen molar-refractivity contribution in [2.75, 3.05) is 20.2 Å². The molecule has 1 aromatic carbocycles. The number of ether oxygens (including phenoxy) is 2. The number of aromatic nitrogens is 2. The van der Waals surface area contributed by atoms with Crippen LogP contribution in [0.3, 0.4) is 0 Å². The van der Waals surface area contributed by atoms with Crippen molar-refractivity contribution in [3.8, 4) is 5.88 Å². The quantitative estimate of drug-likeness (QED) is 0.814. The topological polar surface area (TPSA) is 47.5 Å². The van der Waals surface area contributed by atoms with Crippen LogP contribution in [-0.2, 0) is 17.9 Å². The molecule has 0 unspecified atom stereocenters. The first-order valence-electron chi connectivity index (χ1n) is 8.17. The van der Waals surface area contributed by atoms with E-state index >= 15 is 0 Å². The zero-order chi connectivity index (χ0) is 16.8. The zero-order valence-corrected chi connectivity index (χ0v) is 13.8. The van der Waals surface area contributed by atoms with Crippen molar-refractivity contribution in [3.05, 3.63) is 53.7 Å². The summed E-state index contributed by atoms with van der Waals surface area (Å²) in [7, 11) is 1.61. The first-order valence-corrected chi connectivity index (χ1v) is 8.17. The van der Waals surface area contributed by atoms with Crippen molar-refractivity contribution in [1.29, 1.82) is 0 Å². The maximum atomic E-state index is 13.6. The number of hydrogen-bond acceptors (Lipinski definition) is 5. The molecule has 0 radical (unpaired) electrons. The molecule has 0 spiro atoms. The SMILES string of the molecule is COc1nccnc1CN1CCC(OCc2ccccc2F)CC1. The summed E-state index contributed by atoms with van der Waals surface area (Å²) in [4.78, 5) is 10.8. The Morgan fingerprint density at radius 2 is 1.92 bits per heavy atom. The van der Waals surface area contributed by atoms with Crippen LogP contribution >= 0.6 is 0 Å². The monoisotopic (exact) mass is 331 g/mol. The molecule has 6 heteroatoms. The van der Waals surface area contributed by atoms with Crippen LogP contribution in [0.5, 0.6) is 5.88 Å². The Morgan fingerprint density at radius 3 is 2.67 bits per heavy atom. The van der Waals surface area contributed by atoms with Gasteiger partial charge in [-0.15, -0.1) is 0 Å². The second-order valence-corrected chi connectivity index (χ2v) is 5.89. The van der Waals surface area contributed by atoms with Crippen molar-refractivity contribution in [2.45, 2.75) is 32.1 Å². The van der Waals surface area contributed by atoms with Gasteiger partial charge in [0, 0.05) is 37.6 Å². The summed E-state index contributed by atoms with van der Waals surface area (Å²) in [6, 6.07) is 6.76. The van der Waals surface area contributed by atoms with Gasteiger partial charge in [-0.1, -0.05) is 18.2 Å². The van der Waals surface area contributed by atoms with Crippen LogP contribution in [0, 0.1) is 5.82 Å². The van der Waals surface area contributed by atoms with Gasteiger partial charge in [0.25, 0.3) is 0 Å². The Morgan fingerprint density at radius 1 is 1.17 bits per heavy atom. The van der Waals surface area contributed by atoms with Gasteiger partial charge in [-0.3, -0.25) is 9.88 Å². The predicted molar refractivity (Wildman–Crippen MR) is 88.1 cm³/mol. The van der Waals surface area contributed by atoms with E-state index in [4.69, 9.17) is 9.47 Å². The normalized spacial score (nSPS) is 16.2. The average molecular weight is 331 g/mol. The van der Waals surface area contributed by atoms with Gasteiger partial charge in [0.05, 0.1) is 19.8 Å². The summed E-state index contributed by atoms with van der Waals surface area (Å²) in [6.07, 6.45) is 5.34. The number of benzene rings is 1. The molecule has 2 heterocycles. The molecule has 0 bridgehead atoms. The molecule has 1 saturated heterocycles. The van der Waals surface area contributed by atoms with E-state index in [9.17, 15) is 4.39 Å². The van der Waals surface area contributed by atoms with E-state index in [0.717, 1.165) is 38.2 Å². The van der Waals surface area contributed by atoms with Gasteiger partial charge in [0.1, 0.15) is 11.5 Å². The summed E-state index contributed by atoms with van der Waals surface area (Å²) < 4.78 is 24.7. The van der Waals surface area contributed by atoms with Gasteiger partial charge in [-0.2, -0.15) is 0 Å². The Kier molecular flexibility index (Phi) is 5.72. The lowest BCUT2D eigenvalue weighted by Gasteiger charge is -2.31. The second kappa shape index (κ2) is 8.17. The molecule has 2 aromatic rings. The van der Waals surface area contributed by atoms with E-state index in [0.29, 0.717) is 18.1 Å². The van der Waals surface area contributed by atoms with Gasteiger partial charge < -0.3 is 9.47 Å². The van der Waals surface area contributed by atoms with E-state index < -0.39 is 0 Å². The number of likely N-dealkylation sites (tertiary alicyclic amines) is 1. The molecule has 5 nitrogen and oxygen atoms in total. The van der Waals surface area contributed by atoms with Crippen LogP contribution in [0.25, 0.3) is 0 Å². The summed E-state index contributed by atoms with van der Waals surface area (Å²) in [6.45, 7) is 2.88. The van der Waals surface area contributed by atoms with E-state index in [-0.39, 0.29) is 11.9 Å². The molecule has 0 saturated carbocycles. The molecule has 1 aliphatic rings. The maximum absolute atomic E-state index is 13.6.